The summed E-state index contributed by atoms with van der Waals surface area (Å²) in [5, 5.41) is 3.05. The third-order valence-electron chi connectivity index (χ3n) is 5.44. The Balaban J connectivity index is 1.47. The van der Waals surface area contributed by atoms with Gasteiger partial charge in [-0.25, -0.2) is 0 Å². The maximum Gasteiger partial charge on any atom is 0.227 e. The average molecular weight is 404 g/mol. The fourth-order valence-electron chi connectivity index (χ4n) is 3.95. The van der Waals surface area contributed by atoms with Gasteiger partial charge >= 0.3 is 0 Å². The summed E-state index contributed by atoms with van der Waals surface area (Å²) in [6, 6.07) is 7.83. The van der Waals surface area contributed by atoms with Crippen molar-refractivity contribution in [2.45, 2.75) is 39.2 Å². The van der Waals surface area contributed by atoms with Crippen LogP contribution in [0.4, 0.5) is 5.69 Å². The van der Waals surface area contributed by atoms with Crippen molar-refractivity contribution in [2.24, 2.45) is 5.92 Å². The zero-order valence-electron chi connectivity index (χ0n) is 17.6. The van der Waals surface area contributed by atoms with Crippen LogP contribution >= 0.6 is 0 Å². The second kappa shape index (κ2) is 10.6. The van der Waals surface area contributed by atoms with Gasteiger partial charge in [0.25, 0.3) is 0 Å². The van der Waals surface area contributed by atoms with E-state index in [4.69, 9.17) is 9.47 Å². The highest BCUT2D eigenvalue weighted by Crippen LogP contribution is 2.31. The Labute approximate surface area is 173 Å². The van der Waals surface area contributed by atoms with Crippen molar-refractivity contribution >= 4 is 17.5 Å². The first kappa shape index (κ1) is 21.6. The van der Waals surface area contributed by atoms with Crippen LogP contribution in [0.5, 0.6) is 5.75 Å². The Morgan fingerprint density at radius 2 is 1.83 bits per heavy atom. The number of anilines is 1. The number of nitrogens with zero attached hydrogens (tertiary/aromatic N) is 2. The first-order valence-corrected chi connectivity index (χ1v) is 10.6. The smallest absolute Gasteiger partial charge is 0.227 e. The number of morpholine rings is 1. The molecule has 0 bridgehead atoms. The number of amides is 2. The van der Waals surface area contributed by atoms with E-state index in [0.29, 0.717) is 31.7 Å². The van der Waals surface area contributed by atoms with Crippen LogP contribution in [0.3, 0.4) is 0 Å². The Bertz CT molecular complexity index is 688. The van der Waals surface area contributed by atoms with E-state index in [1.54, 1.807) is 4.90 Å². The normalized spacial score (nSPS) is 18.1. The molecule has 2 heterocycles. The molecule has 0 radical (unpaired) electrons. The van der Waals surface area contributed by atoms with Gasteiger partial charge in [-0.1, -0.05) is 26.0 Å². The minimum absolute atomic E-state index is 0.0391. The Morgan fingerprint density at radius 1 is 1.07 bits per heavy atom. The fourth-order valence-corrected chi connectivity index (χ4v) is 3.95. The van der Waals surface area contributed by atoms with Gasteiger partial charge in [0.2, 0.25) is 11.8 Å². The van der Waals surface area contributed by atoms with Gasteiger partial charge in [-0.2, -0.15) is 0 Å². The Morgan fingerprint density at radius 3 is 2.59 bits per heavy atom. The van der Waals surface area contributed by atoms with Crippen LogP contribution in [0, 0.1) is 5.92 Å². The largest absolute Gasteiger partial charge is 0.490 e. The van der Waals surface area contributed by atoms with Gasteiger partial charge in [0.1, 0.15) is 12.4 Å². The van der Waals surface area contributed by atoms with E-state index in [2.05, 4.69) is 24.1 Å². The molecule has 1 aromatic carbocycles. The highest BCUT2D eigenvalue weighted by molar-refractivity contribution is 5.97. The van der Waals surface area contributed by atoms with Crippen LogP contribution in [-0.2, 0) is 14.3 Å². The summed E-state index contributed by atoms with van der Waals surface area (Å²) in [7, 11) is 0. The van der Waals surface area contributed by atoms with Gasteiger partial charge in [0.05, 0.1) is 25.4 Å². The van der Waals surface area contributed by atoms with E-state index >= 15 is 0 Å². The molecule has 3 rings (SSSR count). The standard InChI is InChI=1S/C22H33N3O4/c1-17(2)15-18(24-9-12-28-13-10-24)16-23-21(26)7-8-22(27)25-11-14-29-20-6-4-3-5-19(20)25/h3-6,17-18H,7-16H2,1-2H3,(H,23,26). The number of carbonyl (C=O) groups is 2. The van der Waals surface area contributed by atoms with E-state index < -0.39 is 0 Å². The van der Waals surface area contributed by atoms with Crippen molar-refractivity contribution in [2.75, 3.05) is 50.9 Å². The number of carbonyl (C=O) groups excluding carboxylic acids is 2. The molecular weight excluding hydrogens is 370 g/mol. The Kier molecular flexibility index (Phi) is 7.89. The van der Waals surface area contributed by atoms with Crippen molar-refractivity contribution < 1.29 is 19.1 Å². The second-order valence-electron chi connectivity index (χ2n) is 8.10. The van der Waals surface area contributed by atoms with Gasteiger partial charge in [-0.3, -0.25) is 14.5 Å². The summed E-state index contributed by atoms with van der Waals surface area (Å²) in [4.78, 5) is 29.2. The predicted molar refractivity (Wildman–Crippen MR) is 112 cm³/mol. The molecule has 0 saturated carbocycles. The number of ether oxygens (including phenoxy) is 2. The number of nitrogens with one attached hydrogen (secondary N) is 1. The number of rotatable bonds is 8. The van der Waals surface area contributed by atoms with Crippen LogP contribution in [-0.4, -0.2) is 68.8 Å². The molecule has 0 aliphatic carbocycles. The lowest BCUT2D eigenvalue weighted by molar-refractivity contribution is -0.125. The van der Waals surface area contributed by atoms with Crippen LogP contribution in [0.25, 0.3) is 0 Å². The number of hydrogen-bond acceptors (Lipinski definition) is 5. The van der Waals surface area contributed by atoms with E-state index in [0.717, 1.165) is 44.2 Å². The molecule has 1 fully saturated rings. The molecule has 2 aliphatic rings. The fraction of sp³-hybridized carbons (Fsp3) is 0.636. The summed E-state index contributed by atoms with van der Waals surface area (Å²) in [5.74, 6) is 1.17. The highest BCUT2D eigenvalue weighted by atomic mass is 16.5. The molecule has 1 atom stereocenters. The second-order valence-corrected chi connectivity index (χ2v) is 8.10. The first-order valence-electron chi connectivity index (χ1n) is 10.6. The van der Waals surface area contributed by atoms with Crippen LogP contribution in [0.2, 0.25) is 0 Å². The molecule has 7 heteroatoms. The average Bonchev–Trinajstić information content (AvgIpc) is 2.75. The SMILES string of the molecule is CC(C)CC(CNC(=O)CCC(=O)N1CCOc2ccccc21)N1CCOCC1. The molecule has 2 aliphatic heterocycles. The molecule has 1 unspecified atom stereocenters. The lowest BCUT2D eigenvalue weighted by Gasteiger charge is -2.35. The van der Waals surface area contributed by atoms with E-state index in [1.165, 1.54) is 0 Å². The van der Waals surface area contributed by atoms with Crippen LogP contribution < -0.4 is 15.0 Å². The van der Waals surface area contributed by atoms with E-state index in [1.807, 2.05) is 24.3 Å². The van der Waals surface area contributed by atoms with Crippen molar-refractivity contribution in [1.29, 1.82) is 0 Å². The zero-order chi connectivity index (χ0) is 20.6. The van der Waals surface area contributed by atoms with Crippen molar-refractivity contribution in [3.8, 4) is 5.75 Å². The van der Waals surface area contributed by atoms with Gasteiger partial charge in [0, 0.05) is 38.5 Å². The molecule has 0 spiro atoms. The quantitative estimate of drug-likeness (QED) is 0.719. The number of para-hydroxylation sites is 2. The molecule has 7 nitrogen and oxygen atoms in total. The van der Waals surface area contributed by atoms with Gasteiger partial charge in [-0.15, -0.1) is 0 Å². The van der Waals surface area contributed by atoms with Gasteiger partial charge in [-0.05, 0) is 24.5 Å². The minimum Gasteiger partial charge on any atom is -0.490 e. The monoisotopic (exact) mass is 403 g/mol. The number of fused-ring (bicyclic) bond motifs is 1. The number of hydrogen-bond donors (Lipinski definition) is 1. The molecular formula is C22H33N3O4. The molecule has 160 valence electrons. The molecule has 0 aromatic heterocycles. The van der Waals surface area contributed by atoms with E-state index in [9.17, 15) is 9.59 Å². The molecule has 2 amide bonds. The van der Waals surface area contributed by atoms with Crippen molar-refractivity contribution in [3.63, 3.8) is 0 Å². The summed E-state index contributed by atoms with van der Waals surface area (Å²) < 4.78 is 11.0. The lowest BCUT2D eigenvalue weighted by atomic mass is 10.0. The summed E-state index contributed by atoms with van der Waals surface area (Å²) >= 11 is 0. The lowest BCUT2D eigenvalue weighted by Crippen LogP contribution is -2.49. The highest BCUT2D eigenvalue weighted by Gasteiger charge is 2.25. The first-order chi connectivity index (χ1) is 14.0. The third-order valence-corrected chi connectivity index (χ3v) is 5.44. The van der Waals surface area contributed by atoms with Crippen molar-refractivity contribution in [3.05, 3.63) is 24.3 Å². The molecule has 29 heavy (non-hydrogen) atoms. The third kappa shape index (κ3) is 6.18. The van der Waals surface area contributed by atoms with Crippen molar-refractivity contribution in [1.82, 2.24) is 10.2 Å². The topological polar surface area (TPSA) is 71.1 Å². The molecule has 1 N–H and O–H groups in total. The molecule has 1 aromatic rings. The van der Waals surface area contributed by atoms with Gasteiger partial charge in [0.15, 0.2) is 0 Å². The summed E-state index contributed by atoms with van der Waals surface area (Å²) in [6.07, 6.45) is 1.44. The number of benzene rings is 1. The van der Waals surface area contributed by atoms with Gasteiger partial charge < -0.3 is 19.7 Å². The Hall–Kier alpha value is -2.12. The maximum atomic E-state index is 12.7. The van der Waals surface area contributed by atoms with E-state index in [-0.39, 0.29) is 24.7 Å². The predicted octanol–water partition coefficient (Wildman–Crippen LogP) is 2.06. The summed E-state index contributed by atoms with van der Waals surface area (Å²) in [6.45, 7) is 9.32. The molecule has 1 saturated heterocycles. The minimum atomic E-state index is -0.0677. The summed E-state index contributed by atoms with van der Waals surface area (Å²) in [5.41, 5.74) is 0.786. The maximum absolute atomic E-state index is 12.7. The van der Waals surface area contributed by atoms with Crippen LogP contribution in [0.15, 0.2) is 24.3 Å². The zero-order valence-corrected chi connectivity index (χ0v) is 17.6. The van der Waals surface area contributed by atoms with Crippen LogP contribution in [0.1, 0.15) is 33.1 Å².